The van der Waals surface area contributed by atoms with E-state index in [1.54, 1.807) is 0 Å². The summed E-state index contributed by atoms with van der Waals surface area (Å²) in [4.78, 5) is 25.6. The molecule has 1 saturated carbocycles. The van der Waals surface area contributed by atoms with Crippen molar-refractivity contribution in [3.8, 4) is 0 Å². The SMILES string of the molecule is CCCN(C(=O)C[C@@H]1CCC(=O)N1)C1CCCC1. The zero-order valence-electron chi connectivity index (χ0n) is 11.3. The van der Waals surface area contributed by atoms with Crippen LogP contribution in [-0.2, 0) is 9.59 Å². The Morgan fingerprint density at radius 3 is 2.61 bits per heavy atom. The first-order valence-electron chi connectivity index (χ1n) is 7.29. The fourth-order valence-electron chi connectivity index (χ4n) is 3.13. The van der Waals surface area contributed by atoms with E-state index >= 15 is 0 Å². The third-order valence-electron chi connectivity index (χ3n) is 4.06. The number of rotatable bonds is 5. The van der Waals surface area contributed by atoms with Gasteiger partial charge in [0.15, 0.2) is 0 Å². The van der Waals surface area contributed by atoms with Crippen molar-refractivity contribution < 1.29 is 9.59 Å². The summed E-state index contributed by atoms with van der Waals surface area (Å²) in [5.41, 5.74) is 0. The van der Waals surface area contributed by atoms with E-state index in [1.807, 2.05) is 0 Å². The molecule has 0 aromatic carbocycles. The molecular weight excluding hydrogens is 228 g/mol. The largest absolute Gasteiger partial charge is 0.353 e. The van der Waals surface area contributed by atoms with Crippen molar-refractivity contribution in [3.63, 3.8) is 0 Å². The summed E-state index contributed by atoms with van der Waals surface area (Å²) in [6.07, 6.45) is 7.70. The summed E-state index contributed by atoms with van der Waals surface area (Å²) in [5, 5.41) is 2.89. The molecule has 1 heterocycles. The monoisotopic (exact) mass is 252 g/mol. The number of hydrogen-bond donors (Lipinski definition) is 1. The smallest absolute Gasteiger partial charge is 0.224 e. The van der Waals surface area contributed by atoms with Gasteiger partial charge in [-0.15, -0.1) is 0 Å². The van der Waals surface area contributed by atoms with Crippen LogP contribution in [0.1, 0.15) is 58.3 Å². The van der Waals surface area contributed by atoms with E-state index in [9.17, 15) is 9.59 Å². The van der Waals surface area contributed by atoms with Gasteiger partial charge in [-0.3, -0.25) is 9.59 Å². The predicted octanol–water partition coefficient (Wildman–Crippen LogP) is 1.84. The van der Waals surface area contributed by atoms with Crippen LogP contribution in [0.4, 0.5) is 0 Å². The molecule has 4 heteroatoms. The molecule has 1 aliphatic heterocycles. The lowest BCUT2D eigenvalue weighted by atomic mass is 10.1. The van der Waals surface area contributed by atoms with Gasteiger partial charge in [0, 0.05) is 31.5 Å². The zero-order valence-corrected chi connectivity index (χ0v) is 11.3. The molecule has 1 atom stereocenters. The average molecular weight is 252 g/mol. The molecule has 0 radical (unpaired) electrons. The number of amides is 2. The van der Waals surface area contributed by atoms with E-state index in [0.29, 0.717) is 18.9 Å². The molecule has 0 spiro atoms. The van der Waals surface area contributed by atoms with Crippen LogP contribution in [0.5, 0.6) is 0 Å². The standard InChI is InChI=1S/C14H24N2O2/c1-2-9-16(12-5-3-4-6-12)14(18)10-11-7-8-13(17)15-11/h11-12H,2-10H2,1H3,(H,15,17)/t11-/m0/s1. The third-order valence-corrected chi connectivity index (χ3v) is 4.06. The first-order chi connectivity index (χ1) is 8.70. The van der Waals surface area contributed by atoms with E-state index in [1.165, 1.54) is 12.8 Å². The second-order valence-corrected chi connectivity index (χ2v) is 5.53. The molecular formula is C14H24N2O2. The number of carbonyl (C=O) groups is 2. The summed E-state index contributed by atoms with van der Waals surface area (Å²) < 4.78 is 0. The van der Waals surface area contributed by atoms with Crippen LogP contribution in [0.3, 0.4) is 0 Å². The zero-order chi connectivity index (χ0) is 13.0. The van der Waals surface area contributed by atoms with Gasteiger partial charge in [-0.2, -0.15) is 0 Å². The normalized spacial score (nSPS) is 24.3. The van der Waals surface area contributed by atoms with Crippen molar-refractivity contribution >= 4 is 11.8 Å². The molecule has 2 aliphatic rings. The summed E-state index contributed by atoms with van der Waals surface area (Å²) in [6, 6.07) is 0.528. The topological polar surface area (TPSA) is 49.4 Å². The molecule has 0 unspecified atom stereocenters. The quantitative estimate of drug-likeness (QED) is 0.811. The van der Waals surface area contributed by atoms with Crippen molar-refractivity contribution in [1.29, 1.82) is 0 Å². The minimum atomic E-state index is 0.0748. The first kappa shape index (κ1) is 13.4. The van der Waals surface area contributed by atoms with Crippen LogP contribution in [0.15, 0.2) is 0 Å². The highest BCUT2D eigenvalue weighted by Gasteiger charge is 2.29. The number of nitrogens with zero attached hydrogens (tertiary/aromatic N) is 1. The highest BCUT2D eigenvalue weighted by Crippen LogP contribution is 2.25. The average Bonchev–Trinajstić information content (AvgIpc) is 2.97. The second-order valence-electron chi connectivity index (χ2n) is 5.53. The molecule has 0 aromatic heterocycles. The maximum Gasteiger partial charge on any atom is 0.224 e. The summed E-state index contributed by atoms with van der Waals surface area (Å²) in [7, 11) is 0. The lowest BCUT2D eigenvalue weighted by Crippen LogP contribution is -2.42. The molecule has 0 bridgehead atoms. The molecule has 0 aromatic rings. The van der Waals surface area contributed by atoms with Crippen molar-refractivity contribution in [2.75, 3.05) is 6.54 Å². The van der Waals surface area contributed by atoms with Gasteiger partial charge >= 0.3 is 0 Å². The van der Waals surface area contributed by atoms with E-state index in [-0.39, 0.29) is 17.9 Å². The first-order valence-corrected chi connectivity index (χ1v) is 7.29. The van der Waals surface area contributed by atoms with Crippen LogP contribution in [0.25, 0.3) is 0 Å². The number of hydrogen-bond acceptors (Lipinski definition) is 2. The fraction of sp³-hybridized carbons (Fsp3) is 0.857. The minimum Gasteiger partial charge on any atom is -0.353 e. The van der Waals surface area contributed by atoms with Crippen LogP contribution in [-0.4, -0.2) is 35.3 Å². The predicted molar refractivity (Wildman–Crippen MR) is 70.0 cm³/mol. The minimum absolute atomic E-state index is 0.0748. The number of nitrogens with one attached hydrogen (secondary N) is 1. The van der Waals surface area contributed by atoms with E-state index in [0.717, 1.165) is 32.2 Å². The van der Waals surface area contributed by atoms with Crippen molar-refractivity contribution in [1.82, 2.24) is 10.2 Å². The van der Waals surface area contributed by atoms with Gasteiger partial charge in [0.25, 0.3) is 0 Å². The highest BCUT2D eigenvalue weighted by molar-refractivity contribution is 5.82. The van der Waals surface area contributed by atoms with Crippen molar-refractivity contribution in [3.05, 3.63) is 0 Å². The summed E-state index contributed by atoms with van der Waals surface area (Å²) in [6.45, 7) is 2.98. The Bertz CT molecular complexity index is 311. The molecule has 2 fully saturated rings. The summed E-state index contributed by atoms with van der Waals surface area (Å²) >= 11 is 0. The maximum atomic E-state index is 12.4. The molecule has 4 nitrogen and oxygen atoms in total. The van der Waals surface area contributed by atoms with E-state index in [2.05, 4.69) is 17.1 Å². The van der Waals surface area contributed by atoms with Crippen molar-refractivity contribution in [2.24, 2.45) is 0 Å². The highest BCUT2D eigenvalue weighted by atomic mass is 16.2. The summed E-state index contributed by atoms with van der Waals surface area (Å²) in [5.74, 6) is 0.326. The molecule has 18 heavy (non-hydrogen) atoms. The van der Waals surface area contributed by atoms with Crippen molar-refractivity contribution in [2.45, 2.75) is 70.4 Å². The van der Waals surface area contributed by atoms with Crippen LogP contribution in [0.2, 0.25) is 0 Å². The molecule has 1 aliphatic carbocycles. The van der Waals surface area contributed by atoms with E-state index < -0.39 is 0 Å². The Morgan fingerprint density at radius 1 is 1.33 bits per heavy atom. The Morgan fingerprint density at radius 2 is 2.06 bits per heavy atom. The van der Waals surface area contributed by atoms with E-state index in [4.69, 9.17) is 0 Å². The molecule has 1 N–H and O–H groups in total. The van der Waals surface area contributed by atoms with Crippen LogP contribution < -0.4 is 5.32 Å². The maximum absolute atomic E-state index is 12.4. The molecule has 1 saturated heterocycles. The van der Waals surface area contributed by atoms with Gasteiger partial charge in [0.1, 0.15) is 0 Å². The van der Waals surface area contributed by atoms with Gasteiger partial charge < -0.3 is 10.2 Å². The number of carbonyl (C=O) groups excluding carboxylic acids is 2. The Hall–Kier alpha value is -1.06. The van der Waals surface area contributed by atoms with Crippen LogP contribution >= 0.6 is 0 Å². The lowest BCUT2D eigenvalue weighted by Gasteiger charge is -2.29. The molecule has 2 amide bonds. The van der Waals surface area contributed by atoms with Gasteiger partial charge in [-0.25, -0.2) is 0 Å². The van der Waals surface area contributed by atoms with Gasteiger partial charge in [-0.1, -0.05) is 19.8 Å². The Kier molecular flexibility index (Phi) is 4.61. The third kappa shape index (κ3) is 3.24. The fourth-order valence-corrected chi connectivity index (χ4v) is 3.13. The second kappa shape index (κ2) is 6.21. The van der Waals surface area contributed by atoms with Gasteiger partial charge in [-0.05, 0) is 25.7 Å². The lowest BCUT2D eigenvalue weighted by molar-refractivity contribution is -0.134. The van der Waals surface area contributed by atoms with Gasteiger partial charge in [0.2, 0.25) is 11.8 Å². The van der Waals surface area contributed by atoms with Crippen LogP contribution in [0, 0.1) is 0 Å². The van der Waals surface area contributed by atoms with Gasteiger partial charge in [0.05, 0.1) is 0 Å². The molecule has 2 rings (SSSR count). The Labute approximate surface area is 109 Å². The molecule has 102 valence electrons. The Balaban J connectivity index is 1.88.